The van der Waals surface area contributed by atoms with E-state index in [1.54, 1.807) is 19.9 Å². The first-order chi connectivity index (χ1) is 18.5. The molecule has 1 unspecified atom stereocenters. The van der Waals surface area contributed by atoms with Crippen LogP contribution in [0.1, 0.15) is 48.1 Å². The number of fused-ring (bicyclic) bond motifs is 2. The molecule has 1 fully saturated rings. The zero-order valence-electron chi connectivity index (χ0n) is 21.4. The fourth-order valence-corrected chi connectivity index (χ4v) is 5.59. The average molecular weight is 593 g/mol. The molecule has 9 heteroatoms. The van der Waals surface area contributed by atoms with Crippen LogP contribution in [0.5, 0.6) is 0 Å². The van der Waals surface area contributed by atoms with Gasteiger partial charge in [0, 0.05) is 24.0 Å². The summed E-state index contributed by atoms with van der Waals surface area (Å²) in [5, 5.41) is 8.41. The van der Waals surface area contributed by atoms with E-state index in [0.717, 1.165) is 21.6 Å². The fraction of sp³-hybridized carbons (Fsp3) is 0.267. The minimum absolute atomic E-state index is 0.106. The number of amides is 2. The van der Waals surface area contributed by atoms with Crippen molar-refractivity contribution in [2.45, 2.75) is 44.3 Å². The van der Waals surface area contributed by atoms with Gasteiger partial charge in [0.15, 0.2) is 0 Å². The highest BCUT2D eigenvalue weighted by molar-refractivity contribution is 9.10. The van der Waals surface area contributed by atoms with Crippen molar-refractivity contribution in [3.63, 3.8) is 0 Å². The first-order valence-corrected chi connectivity index (χ1v) is 13.3. The van der Waals surface area contributed by atoms with Crippen molar-refractivity contribution in [1.82, 2.24) is 4.90 Å². The van der Waals surface area contributed by atoms with E-state index in [0.29, 0.717) is 23.3 Å². The molecule has 3 aromatic rings. The quantitative estimate of drug-likeness (QED) is 0.281. The second-order valence-electron chi connectivity index (χ2n) is 10.3. The molecule has 1 spiro atoms. The molecule has 0 radical (unpaired) electrons. The predicted octanol–water partition coefficient (Wildman–Crippen LogP) is 5.69. The standard InChI is InChI=1S/C30H26BrFN2O5/c1-29(2,16-18-8-10-20(11-9-18)26(33)19-6-4-3-5-7-19)38-24(35)17-34-27(36)30(39-28(34)37)15-14-21-22(30)12-13-23(31)25(21)32/h3-13,33H,14-17H2,1-2H3. The summed E-state index contributed by atoms with van der Waals surface area (Å²) in [7, 11) is 0. The summed E-state index contributed by atoms with van der Waals surface area (Å²) in [6, 6.07) is 19.9. The summed E-state index contributed by atoms with van der Waals surface area (Å²) in [4.78, 5) is 39.5. The first-order valence-electron chi connectivity index (χ1n) is 12.5. The Morgan fingerprint density at radius 1 is 1.08 bits per heavy atom. The van der Waals surface area contributed by atoms with Crippen LogP contribution in [0.15, 0.2) is 71.2 Å². The lowest BCUT2D eigenvalue weighted by Crippen LogP contribution is -2.42. The van der Waals surface area contributed by atoms with Gasteiger partial charge in [-0.25, -0.2) is 14.1 Å². The molecule has 5 rings (SSSR count). The van der Waals surface area contributed by atoms with Crippen molar-refractivity contribution >= 4 is 39.6 Å². The van der Waals surface area contributed by atoms with Crippen LogP contribution >= 0.6 is 15.9 Å². The van der Waals surface area contributed by atoms with Gasteiger partial charge in [-0.05, 0) is 59.0 Å². The van der Waals surface area contributed by atoms with Gasteiger partial charge in [0.25, 0.3) is 5.91 Å². The maximum atomic E-state index is 14.6. The van der Waals surface area contributed by atoms with E-state index in [4.69, 9.17) is 14.9 Å². The highest BCUT2D eigenvalue weighted by atomic mass is 79.9. The summed E-state index contributed by atoms with van der Waals surface area (Å²) in [5.74, 6) is -1.94. The lowest BCUT2D eigenvalue weighted by atomic mass is 9.95. The van der Waals surface area contributed by atoms with E-state index in [9.17, 15) is 18.8 Å². The number of carbonyl (C=O) groups is 3. The molecular formula is C30H26BrFN2O5. The van der Waals surface area contributed by atoms with Crippen molar-refractivity contribution in [2.24, 2.45) is 0 Å². The maximum Gasteiger partial charge on any atom is 0.418 e. The van der Waals surface area contributed by atoms with Crippen molar-refractivity contribution < 1.29 is 28.2 Å². The van der Waals surface area contributed by atoms with Gasteiger partial charge in [-0.2, -0.15) is 0 Å². The van der Waals surface area contributed by atoms with Crippen LogP contribution in [0.3, 0.4) is 0 Å². The Hall–Kier alpha value is -3.85. The zero-order valence-corrected chi connectivity index (χ0v) is 23.0. The largest absolute Gasteiger partial charge is 0.458 e. The summed E-state index contributed by atoms with van der Waals surface area (Å²) >= 11 is 3.14. The molecule has 1 atom stereocenters. The number of halogens is 2. The van der Waals surface area contributed by atoms with E-state index in [1.165, 1.54) is 6.07 Å². The molecule has 39 heavy (non-hydrogen) atoms. The Morgan fingerprint density at radius 2 is 1.74 bits per heavy atom. The van der Waals surface area contributed by atoms with Crippen LogP contribution in [-0.4, -0.2) is 40.7 Å². The molecule has 1 saturated heterocycles. The van der Waals surface area contributed by atoms with E-state index in [-0.39, 0.29) is 17.3 Å². The van der Waals surface area contributed by atoms with Crippen LogP contribution in [0.25, 0.3) is 0 Å². The molecule has 3 aromatic carbocycles. The van der Waals surface area contributed by atoms with Gasteiger partial charge in [0.1, 0.15) is 18.0 Å². The van der Waals surface area contributed by atoms with Crippen LogP contribution in [-0.2, 0) is 37.5 Å². The normalized spacial score (nSPS) is 18.3. The van der Waals surface area contributed by atoms with Crippen molar-refractivity contribution in [2.75, 3.05) is 6.54 Å². The van der Waals surface area contributed by atoms with Gasteiger partial charge in [-0.15, -0.1) is 0 Å². The topological polar surface area (TPSA) is 96.8 Å². The van der Waals surface area contributed by atoms with Crippen LogP contribution in [0.2, 0.25) is 0 Å². The molecule has 2 amide bonds. The van der Waals surface area contributed by atoms with Crippen molar-refractivity contribution in [3.8, 4) is 0 Å². The van der Waals surface area contributed by atoms with Gasteiger partial charge in [-0.1, -0.05) is 60.7 Å². The molecule has 0 saturated carbocycles. The third-order valence-corrected chi connectivity index (χ3v) is 7.66. The number of hydrogen-bond donors (Lipinski definition) is 1. The zero-order chi connectivity index (χ0) is 27.9. The van der Waals surface area contributed by atoms with Crippen LogP contribution < -0.4 is 0 Å². The lowest BCUT2D eigenvalue weighted by Gasteiger charge is -2.26. The summed E-state index contributed by atoms with van der Waals surface area (Å²) in [6.45, 7) is 2.87. The number of nitrogens with one attached hydrogen (secondary N) is 1. The van der Waals surface area contributed by atoms with E-state index in [2.05, 4.69) is 15.9 Å². The molecule has 1 aliphatic carbocycles. The number of esters is 1. The van der Waals surface area contributed by atoms with Crippen molar-refractivity contribution in [1.29, 1.82) is 5.41 Å². The van der Waals surface area contributed by atoms with Gasteiger partial charge in [-0.3, -0.25) is 15.0 Å². The molecule has 200 valence electrons. The van der Waals surface area contributed by atoms with Gasteiger partial charge >= 0.3 is 12.1 Å². The third-order valence-electron chi connectivity index (χ3n) is 7.04. The van der Waals surface area contributed by atoms with Crippen LogP contribution in [0, 0.1) is 11.2 Å². The third kappa shape index (κ3) is 4.98. The number of ether oxygens (including phenoxy) is 2. The Balaban J connectivity index is 1.23. The van der Waals surface area contributed by atoms with Gasteiger partial charge in [0.2, 0.25) is 5.60 Å². The molecule has 0 aromatic heterocycles. The lowest BCUT2D eigenvalue weighted by molar-refractivity contribution is -0.159. The average Bonchev–Trinajstić information content (AvgIpc) is 3.39. The Kier molecular flexibility index (Phi) is 6.88. The predicted molar refractivity (Wildman–Crippen MR) is 145 cm³/mol. The molecule has 1 heterocycles. The number of benzene rings is 3. The smallest absolute Gasteiger partial charge is 0.418 e. The summed E-state index contributed by atoms with van der Waals surface area (Å²) in [6.07, 6.45) is -0.243. The van der Waals surface area contributed by atoms with E-state index < -0.39 is 41.5 Å². The minimum atomic E-state index is -1.63. The Bertz CT molecular complexity index is 1490. The summed E-state index contributed by atoms with van der Waals surface area (Å²) < 4.78 is 26.0. The van der Waals surface area contributed by atoms with Gasteiger partial charge in [0.05, 0.1) is 10.2 Å². The molecule has 2 aliphatic rings. The van der Waals surface area contributed by atoms with Crippen molar-refractivity contribution in [3.05, 3.63) is 105 Å². The maximum absolute atomic E-state index is 14.6. The number of nitrogens with zero attached hydrogens (tertiary/aromatic N) is 1. The fourth-order valence-electron chi connectivity index (χ4n) is 5.22. The Labute approximate surface area is 233 Å². The first kappa shape index (κ1) is 26.7. The number of hydrogen-bond acceptors (Lipinski definition) is 6. The van der Waals surface area contributed by atoms with E-state index in [1.807, 2.05) is 54.6 Å². The summed E-state index contributed by atoms with van der Waals surface area (Å²) in [5.41, 5.74) is 0.944. The number of rotatable bonds is 7. The minimum Gasteiger partial charge on any atom is -0.458 e. The Morgan fingerprint density at radius 3 is 2.44 bits per heavy atom. The highest BCUT2D eigenvalue weighted by Crippen LogP contribution is 2.47. The molecule has 1 N–H and O–H groups in total. The SMILES string of the molecule is CC(C)(Cc1ccc(C(=N)c2ccccc2)cc1)OC(=O)CN1C(=O)OC2(CCc3c2ccc(Br)c3F)C1=O. The number of carbonyl (C=O) groups excluding carboxylic acids is 3. The molecule has 7 nitrogen and oxygen atoms in total. The van der Waals surface area contributed by atoms with Gasteiger partial charge < -0.3 is 9.47 Å². The second-order valence-corrected chi connectivity index (χ2v) is 11.2. The number of imide groups is 1. The molecule has 0 bridgehead atoms. The second kappa shape index (κ2) is 10.0. The highest BCUT2D eigenvalue weighted by Gasteiger charge is 2.59. The monoisotopic (exact) mass is 592 g/mol. The van der Waals surface area contributed by atoms with Crippen LogP contribution in [0.4, 0.5) is 9.18 Å². The van der Waals surface area contributed by atoms with E-state index >= 15 is 0 Å². The molecule has 1 aliphatic heterocycles. The molecular weight excluding hydrogens is 567 g/mol.